The summed E-state index contributed by atoms with van der Waals surface area (Å²) in [5.74, 6) is -9.39. The number of ether oxygens (including phenoxy) is 5. The van der Waals surface area contributed by atoms with E-state index in [9.17, 15) is 63.9 Å². The third kappa shape index (κ3) is 17.7. The molecule has 518 valence electrons. The predicted molar refractivity (Wildman–Crippen MR) is 345 cm³/mol. The number of amides is 4. The Morgan fingerprint density at radius 1 is 0.842 bits per heavy atom. The highest BCUT2D eigenvalue weighted by atomic mass is 32.1. The maximum atomic E-state index is 15.4. The molecule has 25 nitrogen and oxygen atoms in total. The van der Waals surface area contributed by atoms with Gasteiger partial charge in [-0.25, -0.2) is 14.4 Å². The molecule has 15 atom stereocenters. The molecule has 2 bridgehead atoms. The predicted octanol–water partition coefficient (Wildman–Crippen LogP) is 4.83. The van der Waals surface area contributed by atoms with Crippen LogP contribution in [0.15, 0.2) is 95.4 Å². The van der Waals surface area contributed by atoms with Gasteiger partial charge in [0, 0.05) is 72.4 Å². The van der Waals surface area contributed by atoms with E-state index in [1.165, 1.54) is 57.2 Å². The molecule has 3 aromatic rings. The van der Waals surface area contributed by atoms with Gasteiger partial charge in [-0.15, -0.1) is 11.3 Å². The molecule has 2 heterocycles. The van der Waals surface area contributed by atoms with E-state index in [0.29, 0.717) is 0 Å². The van der Waals surface area contributed by atoms with Crippen LogP contribution in [0.3, 0.4) is 0 Å². The molecular weight excluding hydrogens is 1250 g/mol. The Bertz CT molecular complexity index is 3340. The number of ketones is 2. The summed E-state index contributed by atoms with van der Waals surface area (Å²) < 4.78 is 30.7. The number of carbonyl (C=O) groups is 10. The maximum Gasteiger partial charge on any atom is 0.350 e. The molecule has 1 aromatic heterocycles. The van der Waals surface area contributed by atoms with Crippen LogP contribution in [-0.2, 0) is 66.8 Å². The Morgan fingerprint density at radius 2 is 1.52 bits per heavy atom. The van der Waals surface area contributed by atoms with Crippen molar-refractivity contribution in [2.24, 2.45) is 22.2 Å². The molecule has 7 rings (SSSR count). The molecular formula is C69H91N5O20S. The molecule has 2 saturated carbocycles. The fraction of sp³-hybridized carbons (Fsp3) is 0.565. The number of aliphatic hydroxyl groups excluding tert-OH is 3. The number of thiophene rings is 1. The molecule has 26 heteroatoms. The number of esters is 3. The van der Waals surface area contributed by atoms with Crippen LogP contribution in [0.5, 0.6) is 0 Å². The van der Waals surface area contributed by atoms with Gasteiger partial charge in [-0.1, -0.05) is 68.4 Å². The molecule has 0 radical (unpaired) electrons. The molecule has 1 saturated heterocycles. The van der Waals surface area contributed by atoms with Crippen LogP contribution in [0.25, 0.3) is 6.08 Å². The molecule has 95 heavy (non-hydrogen) atoms. The number of nitrogens with one attached hydrogen (secondary N) is 5. The van der Waals surface area contributed by atoms with Crippen LogP contribution in [0, 0.1) is 22.2 Å². The smallest absolute Gasteiger partial charge is 0.350 e. The van der Waals surface area contributed by atoms with Crippen LogP contribution in [0.2, 0.25) is 0 Å². The molecule has 2 aromatic carbocycles. The summed E-state index contributed by atoms with van der Waals surface area (Å²) in [4.78, 5) is 137. The Balaban J connectivity index is 1.05. The van der Waals surface area contributed by atoms with Crippen molar-refractivity contribution in [3.63, 3.8) is 0 Å². The van der Waals surface area contributed by atoms with Gasteiger partial charge < -0.3 is 75.3 Å². The van der Waals surface area contributed by atoms with E-state index in [4.69, 9.17) is 23.7 Å². The van der Waals surface area contributed by atoms with E-state index in [0.717, 1.165) is 4.88 Å². The zero-order chi connectivity index (χ0) is 70.0. The highest BCUT2D eigenvalue weighted by Gasteiger charge is 2.76. The third-order valence-corrected chi connectivity index (χ3v) is 19.6. The van der Waals surface area contributed by atoms with Crippen molar-refractivity contribution in [2.75, 3.05) is 13.2 Å². The topological polar surface area (TPSA) is 378 Å². The standard InChI is InChI=1S/C69H91N5O20S/c1-38(71-60(83)41(4)72-50(78)29-27-44-24-19-33-95-44)26-28-51(79)73-45(61(84)85)25-17-18-32-70-49(77)30-31-52(80)92-56(54(42-20-13-11-14-21-42)74-64(88)94-65(5,6)7)63(87)91-46-36-69(89)59(93-62(86)43-22-15-12-16-23-43)57-67(10,58(82)55(81)53(40(46)3)66(69,8)9)47(76)34-48-68(57,37-90-48)35-39(2)75/h11-16,19-24,27,29,33,38,41,45-48,54-57,59,64,74,76,81,88-89H,17-18,25-26,28,30-32,34-37H2,1-10H3,(H,70,77)(H,71,83)(H,72,78)(H,73,79)(H,84,85)/b29-27+/t38-,41-,45-,46-,47-,48+,54-,55+,56+,57-,59-,64?,67+,68+,69+/m0/s1. The number of aliphatic carboxylic acids is 1. The lowest BCUT2D eigenvalue weighted by molar-refractivity contribution is -0.319. The summed E-state index contributed by atoms with van der Waals surface area (Å²) in [6.45, 7) is 15.4. The van der Waals surface area contributed by atoms with E-state index in [-0.39, 0.29) is 86.2 Å². The van der Waals surface area contributed by atoms with Crippen LogP contribution in [0.1, 0.15) is 160 Å². The second kappa shape index (κ2) is 31.5. The molecule has 3 fully saturated rings. The van der Waals surface area contributed by atoms with Crippen molar-refractivity contribution >= 4 is 76.5 Å². The largest absolute Gasteiger partial charge is 0.480 e. The number of rotatable bonds is 30. The van der Waals surface area contributed by atoms with Gasteiger partial charge in [0.15, 0.2) is 5.78 Å². The lowest BCUT2D eigenvalue weighted by atomic mass is 9.41. The minimum absolute atomic E-state index is 0.00537. The molecule has 10 N–H and O–H groups in total. The number of aliphatic hydroxyl groups is 4. The number of carboxylic acid groups (broad SMARTS) is 1. The van der Waals surface area contributed by atoms with Gasteiger partial charge in [0.2, 0.25) is 36.1 Å². The lowest BCUT2D eigenvalue weighted by Gasteiger charge is -2.68. The summed E-state index contributed by atoms with van der Waals surface area (Å²) in [6, 6.07) is 15.4. The first-order valence-corrected chi connectivity index (χ1v) is 32.9. The summed E-state index contributed by atoms with van der Waals surface area (Å²) >= 11 is 1.45. The molecule has 3 aliphatic carbocycles. The summed E-state index contributed by atoms with van der Waals surface area (Å²) in [5.41, 5.74) is -8.18. The van der Waals surface area contributed by atoms with Gasteiger partial charge >= 0.3 is 23.9 Å². The second-order valence-corrected chi connectivity index (χ2v) is 28.0. The van der Waals surface area contributed by atoms with Crippen molar-refractivity contribution < 1.29 is 97.2 Å². The van der Waals surface area contributed by atoms with Crippen molar-refractivity contribution in [2.45, 2.75) is 212 Å². The van der Waals surface area contributed by atoms with E-state index in [1.54, 1.807) is 96.1 Å². The fourth-order valence-electron chi connectivity index (χ4n) is 13.7. The fourth-order valence-corrected chi connectivity index (χ4v) is 14.3. The number of benzene rings is 2. The molecule has 4 amide bonds. The first-order chi connectivity index (χ1) is 44.6. The molecule has 0 spiro atoms. The van der Waals surface area contributed by atoms with Gasteiger partial charge in [-0.2, -0.15) is 0 Å². The Labute approximate surface area is 556 Å². The van der Waals surface area contributed by atoms with Crippen LogP contribution in [0.4, 0.5) is 0 Å². The van der Waals surface area contributed by atoms with Crippen molar-refractivity contribution in [3.05, 3.63) is 111 Å². The van der Waals surface area contributed by atoms with Crippen molar-refractivity contribution in [3.8, 4) is 0 Å². The first kappa shape index (κ1) is 74.8. The van der Waals surface area contributed by atoms with Crippen molar-refractivity contribution in [1.82, 2.24) is 26.6 Å². The number of fused-ring (bicyclic) bond motifs is 5. The average Bonchev–Trinajstić information content (AvgIpc) is 0.786. The van der Waals surface area contributed by atoms with Gasteiger partial charge in [0.25, 0.3) is 0 Å². The first-order valence-electron chi connectivity index (χ1n) is 32.0. The number of Topliss-reactive ketones (excluding diaryl/α,β-unsaturated/α-hetero) is 2. The minimum atomic E-state index is -2.43. The van der Waals surface area contributed by atoms with Crippen LogP contribution >= 0.6 is 11.3 Å². The minimum Gasteiger partial charge on any atom is -0.480 e. The monoisotopic (exact) mass is 1340 g/mol. The Kier molecular flexibility index (Phi) is 24.8. The van der Waals surface area contributed by atoms with Gasteiger partial charge in [-0.3, -0.25) is 34.1 Å². The number of hydrogen-bond acceptors (Lipinski definition) is 21. The molecule has 1 unspecified atom stereocenters. The van der Waals surface area contributed by atoms with E-state index < -0.39 is 173 Å². The normalized spacial score (nSPS) is 26.4. The van der Waals surface area contributed by atoms with E-state index in [2.05, 4.69) is 26.6 Å². The highest BCUT2D eigenvalue weighted by molar-refractivity contribution is 7.10. The number of carbonyl (C=O) groups excluding carboxylic acids is 9. The van der Waals surface area contributed by atoms with Gasteiger partial charge in [0.05, 0.1) is 47.9 Å². The zero-order valence-corrected chi connectivity index (χ0v) is 56.2. The third-order valence-electron chi connectivity index (χ3n) is 18.7. The van der Waals surface area contributed by atoms with E-state index >= 15 is 9.59 Å². The van der Waals surface area contributed by atoms with E-state index in [1.807, 2.05) is 17.5 Å². The SMILES string of the molecule is CC(=O)C[C@@]12CO[C@@H]1C[C@H](O)[C@@]1(C)C(=O)[C@H](O)C3=C(C)[C@@H](OC(=O)[C@H](OC(=O)CCC(=O)NCCCC[C@H](NC(=O)CC[C@H](C)NC(=O)[C@H](C)NC(=O)/C=C/c4cccs4)C(=O)O)[C@@H](NC(O)OC(C)(C)C)c4ccccc4)C[C@@](O)([C@@H](OC(=O)c4ccccc4)[C@H]21)C3(C)C. The van der Waals surface area contributed by atoms with Crippen molar-refractivity contribution in [1.29, 1.82) is 0 Å². The zero-order valence-electron chi connectivity index (χ0n) is 55.3. The second-order valence-electron chi connectivity index (χ2n) is 27.0. The van der Waals surface area contributed by atoms with Crippen LogP contribution < -0.4 is 26.6 Å². The summed E-state index contributed by atoms with van der Waals surface area (Å²) in [5, 5.41) is 75.1. The quantitative estimate of drug-likeness (QED) is 0.0107. The maximum absolute atomic E-state index is 15.4. The van der Waals surface area contributed by atoms with Crippen LogP contribution in [-0.4, -0.2) is 170 Å². The Morgan fingerprint density at radius 3 is 2.13 bits per heavy atom. The summed E-state index contributed by atoms with van der Waals surface area (Å²) in [6.07, 6.45) is -10.3. The average molecular weight is 1340 g/mol. The van der Waals surface area contributed by atoms with Gasteiger partial charge in [-0.05, 0) is 127 Å². The number of unbranched alkanes of at least 4 members (excludes halogenated alkanes) is 1. The summed E-state index contributed by atoms with van der Waals surface area (Å²) in [7, 11) is 0. The molecule has 4 aliphatic rings. The highest BCUT2D eigenvalue weighted by Crippen LogP contribution is 2.67. The Hall–Kier alpha value is -7.56. The lowest BCUT2D eigenvalue weighted by Crippen LogP contribution is -2.78. The molecule has 1 aliphatic heterocycles. The van der Waals surface area contributed by atoms with Gasteiger partial charge in [0.1, 0.15) is 41.8 Å². The number of carboxylic acids is 1. The number of hydrogen-bond donors (Lipinski definition) is 10.